The van der Waals surface area contributed by atoms with E-state index in [2.05, 4.69) is 6.92 Å². The Kier molecular flexibility index (Phi) is 4.58. The van der Waals surface area contributed by atoms with Gasteiger partial charge in [0.2, 0.25) is 0 Å². The van der Waals surface area contributed by atoms with Crippen molar-refractivity contribution in [2.24, 2.45) is 5.92 Å². The van der Waals surface area contributed by atoms with Gasteiger partial charge in [0.25, 0.3) is 0 Å². The number of aliphatic hydroxyl groups is 1. The van der Waals surface area contributed by atoms with Gasteiger partial charge >= 0.3 is 0 Å². The monoisotopic (exact) mass is 286 g/mol. The van der Waals surface area contributed by atoms with Crippen LogP contribution in [0.5, 0.6) is 0 Å². The molecule has 0 heterocycles. The molecule has 2 atom stereocenters. The maximum atomic E-state index is 10.7. The topological polar surface area (TPSA) is 20.2 Å². The molecular formula is C15H20Cl2O. The first-order valence-electron chi connectivity index (χ1n) is 6.65. The highest BCUT2D eigenvalue weighted by Crippen LogP contribution is 2.35. The molecule has 0 aliphatic heterocycles. The third kappa shape index (κ3) is 3.40. The first-order chi connectivity index (χ1) is 8.50. The van der Waals surface area contributed by atoms with E-state index in [9.17, 15) is 5.11 Å². The fourth-order valence-corrected chi connectivity index (χ4v) is 3.17. The summed E-state index contributed by atoms with van der Waals surface area (Å²) >= 11 is 12.2. The lowest BCUT2D eigenvalue weighted by molar-refractivity contribution is 0.0244. The Balaban J connectivity index is 2.14. The average Bonchev–Trinajstić information content (AvgIpc) is 2.48. The van der Waals surface area contributed by atoms with Crippen molar-refractivity contribution in [3.8, 4) is 0 Å². The number of benzene rings is 1. The van der Waals surface area contributed by atoms with Gasteiger partial charge in [0.05, 0.1) is 15.6 Å². The lowest BCUT2D eigenvalue weighted by Crippen LogP contribution is -2.30. The summed E-state index contributed by atoms with van der Waals surface area (Å²) in [5.74, 6) is 0.717. The standard InChI is InChI=1S/C15H20Cl2O/c1-11-4-3-8-15(18,9-7-11)10-12-5-2-6-13(16)14(12)17/h2,5-6,11,18H,3-4,7-10H2,1H3. The minimum absolute atomic E-state index is 0.569. The minimum atomic E-state index is -0.612. The van der Waals surface area contributed by atoms with E-state index in [0.717, 1.165) is 31.2 Å². The van der Waals surface area contributed by atoms with E-state index in [1.54, 1.807) is 6.07 Å². The second kappa shape index (κ2) is 5.81. The van der Waals surface area contributed by atoms with Gasteiger partial charge in [-0.1, -0.05) is 55.1 Å². The summed E-state index contributed by atoms with van der Waals surface area (Å²) in [5, 5.41) is 11.9. The van der Waals surface area contributed by atoms with Crippen LogP contribution in [0.2, 0.25) is 10.0 Å². The van der Waals surface area contributed by atoms with E-state index in [0.29, 0.717) is 22.4 Å². The zero-order chi connectivity index (χ0) is 13.2. The van der Waals surface area contributed by atoms with Gasteiger partial charge in [0.15, 0.2) is 0 Å². The Morgan fingerprint density at radius 2 is 2.06 bits per heavy atom. The first-order valence-corrected chi connectivity index (χ1v) is 7.41. The van der Waals surface area contributed by atoms with Gasteiger partial charge in [-0.25, -0.2) is 0 Å². The van der Waals surface area contributed by atoms with Crippen LogP contribution < -0.4 is 0 Å². The molecule has 0 bridgehead atoms. The molecular weight excluding hydrogens is 267 g/mol. The van der Waals surface area contributed by atoms with Crippen molar-refractivity contribution < 1.29 is 5.11 Å². The molecule has 1 aromatic rings. The first kappa shape index (κ1) is 14.2. The van der Waals surface area contributed by atoms with Crippen molar-refractivity contribution >= 4 is 23.2 Å². The smallest absolute Gasteiger partial charge is 0.0688 e. The lowest BCUT2D eigenvalue weighted by Gasteiger charge is -2.27. The Labute approximate surface area is 119 Å². The zero-order valence-corrected chi connectivity index (χ0v) is 12.3. The van der Waals surface area contributed by atoms with Crippen LogP contribution in [0.25, 0.3) is 0 Å². The highest BCUT2D eigenvalue weighted by atomic mass is 35.5. The SMILES string of the molecule is CC1CCCC(O)(Cc2cccc(Cl)c2Cl)CC1. The van der Waals surface area contributed by atoms with Gasteiger partial charge in [-0.15, -0.1) is 0 Å². The summed E-state index contributed by atoms with van der Waals surface area (Å²) < 4.78 is 0. The zero-order valence-electron chi connectivity index (χ0n) is 10.8. The molecule has 1 aliphatic carbocycles. The van der Waals surface area contributed by atoms with Gasteiger partial charge in [-0.05, 0) is 36.8 Å². The van der Waals surface area contributed by atoms with Crippen LogP contribution in [0.15, 0.2) is 18.2 Å². The Morgan fingerprint density at radius 3 is 2.83 bits per heavy atom. The molecule has 0 amide bonds. The highest BCUT2D eigenvalue weighted by molar-refractivity contribution is 6.42. The third-order valence-corrected chi connectivity index (χ3v) is 4.85. The van der Waals surface area contributed by atoms with Gasteiger partial charge < -0.3 is 5.11 Å². The minimum Gasteiger partial charge on any atom is -0.390 e. The Bertz CT molecular complexity index is 419. The fourth-order valence-electron chi connectivity index (χ4n) is 2.78. The van der Waals surface area contributed by atoms with Crippen molar-refractivity contribution in [3.63, 3.8) is 0 Å². The molecule has 18 heavy (non-hydrogen) atoms. The van der Waals surface area contributed by atoms with Crippen LogP contribution in [-0.4, -0.2) is 10.7 Å². The Hall–Kier alpha value is -0.240. The molecule has 0 spiro atoms. The van der Waals surface area contributed by atoms with E-state index in [-0.39, 0.29) is 0 Å². The Morgan fingerprint density at radius 1 is 1.28 bits per heavy atom. The van der Waals surface area contributed by atoms with E-state index < -0.39 is 5.60 Å². The molecule has 1 saturated carbocycles. The maximum Gasteiger partial charge on any atom is 0.0688 e. The summed E-state index contributed by atoms with van der Waals surface area (Å²) in [6.07, 6.45) is 5.73. The van der Waals surface area contributed by atoms with Crippen molar-refractivity contribution in [1.82, 2.24) is 0 Å². The quantitative estimate of drug-likeness (QED) is 0.770. The average molecular weight is 287 g/mol. The van der Waals surface area contributed by atoms with Crippen LogP contribution in [0.4, 0.5) is 0 Å². The van der Waals surface area contributed by atoms with Gasteiger partial charge in [0.1, 0.15) is 0 Å². The number of hydrogen-bond acceptors (Lipinski definition) is 1. The summed E-state index contributed by atoms with van der Waals surface area (Å²) in [6.45, 7) is 2.26. The van der Waals surface area contributed by atoms with Crippen LogP contribution in [0, 0.1) is 5.92 Å². The van der Waals surface area contributed by atoms with E-state index in [1.165, 1.54) is 6.42 Å². The fraction of sp³-hybridized carbons (Fsp3) is 0.600. The van der Waals surface area contributed by atoms with E-state index in [1.807, 2.05) is 12.1 Å². The predicted molar refractivity (Wildman–Crippen MR) is 77.4 cm³/mol. The molecule has 2 unspecified atom stereocenters. The normalized spacial score (nSPS) is 29.0. The summed E-state index contributed by atoms with van der Waals surface area (Å²) in [4.78, 5) is 0. The molecule has 0 aromatic heterocycles. The summed E-state index contributed by atoms with van der Waals surface area (Å²) in [7, 11) is 0. The molecule has 1 N–H and O–H groups in total. The summed E-state index contributed by atoms with van der Waals surface area (Å²) in [6, 6.07) is 5.64. The second-order valence-electron chi connectivity index (χ2n) is 5.65. The second-order valence-corrected chi connectivity index (χ2v) is 6.44. The van der Waals surface area contributed by atoms with Crippen molar-refractivity contribution in [2.75, 3.05) is 0 Å². The molecule has 0 saturated heterocycles. The molecule has 0 radical (unpaired) electrons. The van der Waals surface area contributed by atoms with Crippen LogP contribution in [0.3, 0.4) is 0 Å². The summed E-state index contributed by atoms with van der Waals surface area (Å²) in [5.41, 5.74) is 0.347. The molecule has 1 aliphatic rings. The van der Waals surface area contributed by atoms with E-state index >= 15 is 0 Å². The molecule has 1 aromatic carbocycles. The number of hydrogen-bond donors (Lipinski definition) is 1. The van der Waals surface area contributed by atoms with Crippen LogP contribution >= 0.6 is 23.2 Å². The molecule has 2 rings (SSSR count). The van der Waals surface area contributed by atoms with Crippen LogP contribution in [-0.2, 0) is 6.42 Å². The largest absolute Gasteiger partial charge is 0.390 e. The third-order valence-electron chi connectivity index (χ3n) is 3.99. The van der Waals surface area contributed by atoms with Crippen molar-refractivity contribution in [3.05, 3.63) is 33.8 Å². The van der Waals surface area contributed by atoms with Gasteiger partial charge in [-0.3, -0.25) is 0 Å². The lowest BCUT2D eigenvalue weighted by atomic mass is 9.87. The van der Waals surface area contributed by atoms with E-state index in [4.69, 9.17) is 23.2 Å². The molecule has 1 fully saturated rings. The number of halogens is 2. The van der Waals surface area contributed by atoms with Crippen molar-refractivity contribution in [2.45, 2.75) is 51.0 Å². The van der Waals surface area contributed by atoms with Crippen LogP contribution in [0.1, 0.15) is 44.6 Å². The van der Waals surface area contributed by atoms with Crippen molar-refractivity contribution in [1.29, 1.82) is 0 Å². The predicted octanol–water partition coefficient (Wildman–Crippen LogP) is 4.87. The molecule has 1 nitrogen and oxygen atoms in total. The molecule has 3 heteroatoms. The maximum absolute atomic E-state index is 10.7. The number of rotatable bonds is 2. The highest BCUT2D eigenvalue weighted by Gasteiger charge is 2.30. The van der Waals surface area contributed by atoms with Gasteiger partial charge in [0, 0.05) is 6.42 Å². The van der Waals surface area contributed by atoms with Gasteiger partial charge in [-0.2, -0.15) is 0 Å². The molecule has 100 valence electrons.